The molecule has 26 heavy (non-hydrogen) atoms. The molecule has 0 bridgehead atoms. The maximum absolute atomic E-state index is 2.46. The van der Waals surface area contributed by atoms with Crippen molar-refractivity contribution in [3.8, 4) is 0 Å². The standard InChI is InChI=1S/C24H26N2/c1-5-15-21-17-11-7-9-13-19(17)26(4)24(21)16(6-2)22-18-12-8-10-14-20(18)25(3)23(15)22/h7-16H,5-6H2,1-4H3. The predicted molar refractivity (Wildman–Crippen MR) is 110 cm³/mol. The van der Waals surface area contributed by atoms with Gasteiger partial charge in [0.2, 0.25) is 0 Å². The highest BCUT2D eigenvalue weighted by Gasteiger charge is 2.38. The van der Waals surface area contributed by atoms with E-state index in [2.05, 4.69) is 85.6 Å². The second-order valence-corrected chi connectivity index (χ2v) is 7.67. The molecule has 0 amide bonds. The Morgan fingerprint density at radius 2 is 1.04 bits per heavy atom. The van der Waals surface area contributed by atoms with Gasteiger partial charge in [-0.2, -0.15) is 0 Å². The summed E-state index contributed by atoms with van der Waals surface area (Å²) in [5.41, 5.74) is 8.93. The van der Waals surface area contributed by atoms with E-state index >= 15 is 0 Å². The highest BCUT2D eigenvalue weighted by Crippen LogP contribution is 2.52. The Kier molecular flexibility index (Phi) is 3.34. The number of rotatable bonds is 2. The van der Waals surface area contributed by atoms with Crippen molar-refractivity contribution in [2.24, 2.45) is 14.1 Å². The molecule has 2 nitrogen and oxygen atoms in total. The quantitative estimate of drug-likeness (QED) is 0.418. The van der Waals surface area contributed by atoms with Crippen LogP contribution in [0.2, 0.25) is 0 Å². The number of hydrogen-bond acceptors (Lipinski definition) is 0. The summed E-state index contributed by atoms with van der Waals surface area (Å²) >= 11 is 0. The molecular formula is C24H26N2. The Morgan fingerprint density at radius 3 is 1.42 bits per heavy atom. The molecule has 2 unspecified atom stereocenters. The van der Waals surface area contributed by atoms with Gasteiger partial charge >= 0.3 is 0 Å². The molecule has 2 heterocycles. The van der Waals surface area contributed by atoms with E-state index in [0.717, 1.165) is 12.8 Å². The number of hydrogen-bond donors (Lipinski definition) is 0. The van der Waals surface area contributed by atoms with Crippen LogP contribution in [0.1, 0.15) is 61.0 Å². The lowest BCUT2D eigenvalue weighted by molar-refractivity contribution is 0.607. The predicted octanol–water partition coefficient (Wildman–Crippen LogP) is 6.07. The van der Waals surface area contributed by atoms with E-state index in [1.165, 1.54) is 33.2 Å². The van der Waals surface area contributed by atoms with E-state index in [1.54, 1.807) is 11.1 Å². The number of fused-ring (bicyclic) bond motifs is 6. The van der Waals surface area contributed by atoms with Gasteiger partial charge in [0.05, 0.1) is 0 Å². The summed E-state index contributed by atoms with van der Waals surface area (Å²) in [4.78, 5) is 0. The van der Waals surface area contributed by atoms with Crippen molar-refractivity contribution in [3.05, 3.63) is 71.0 Å². The zero-order valence-electron chi connectivity index (χ0n) is 16.1. The summed E-state index contributed by atoms with van der Waals surface area (Å²) in [5, 5.41) is 2.87. The van der Waals surface area contributed by atoms with Gasteiger partial charge in [-0.3, -0.25) is 0 Å². The lowest BCUT2D eigenvalue weighted by Gasteiger charge is -2.31. The Labute approximate surface area is 155 Å². The molecule has 132 valence electrons. The second-order valence-electron chi connectivity index (χ2n) is 7.67. The van der Waals surface area contributed by atoms with Crippen molar-refractivity contribution in [1.82, 2.24) is 9.13 Å². The van der Waals surface area contributed by atoms with Crippen LogP contribution in [0.3, 0.4) is 0 Å². The van der Waals surface area contributed by atoms with Crippen LogP contribution in [-0.4, -0.2) is 9.13 Å². The third-order valence-electron chi connectivity index (χ3n) is 6.56. The molecule has 4 aromatic rings. The molecule has 1 aliphatic rings. The minimum absolute atomic E-state index is 0.464. The van der Waals surface area contributed by atoms with Crippen molar-refractivity contribution in [2.45, 2.75) is 38.5 Å². The number of benzene rings is 2. The zero-order chi connectivity index (χ0) is 18.0. The van der Waals surface area contributed by atoms with Gasteiger partial charge in [-0.1, -0.05) is 50.2 Å². The molecule has 5 rings (SSSR count). The van der Waals surface area contributed by atoms with Crippen LogP contribution in [0.4, 0.5) is 0 Å². The third kappa shape index (κ3) is 1.77. The number of para-hydroxylation sites is 2. The maximum Gasteiger partial charge on any atom is 0.0483 e. The molecule has 2 aromatic carbocycles. The van der Waals surface area contributed by atoms with Gasteiger partial charge in [0.1, 0.15) is 0 Å². The maximum atomic E-state index is 2.46. The SMILES string of the molecule is CCC1c2c(n(C)c3ccccc23)C(CC)c2c1n(C)c1ccccc21. The highest BCUT2D eigenvalue weighted by molar-refractivity contribution is 5.92. The van der Waals surface area contributed by atoms with Gasteiger partial charge in [-0.05, 0) is 36.1 Å². The molecule has 2 aromatic heterocycles. The first kappa shape index (κ1) is 15.7. The molecule has 2 atom stereocenters. The first-order chi connectivity index (χ1) is 12.7. The second kappa shape index (κ2) is 5.51. The van der Waals surface area contributed by atoms with Crippen LogP contribution in [-0.2, 0) is 14.1 Å². The Balaban J connectivity index is 1.96. The zero-order valence-corrected chi connectivity index (χ0v) is 16.1. The molecule has 2 heteroatoms. The van der Waals surface area contributed by atoms with E-state index in [9.17, 15) is 0 Å². The summed E-state index contributed by atoms with van der Waals surface area (Å²) < 4.78 is 4.93. The molecule has 0 radical (unpaired) electrons. The first-order valence-corrected chi connectivity index (χ1v) is 9.83. The van der Waals surface area contributed by atoms with Crippen molar-refractivity contribution < 1.29 is 0 Å². The topological polar surface area (TPSA) is 9.86 Å². The molecule has 0 N–H and O–H groups in total. The fourth-order valence-electron chi connectivity index (χ4n) is 5.53. The lowest BCUT2D eigenvalue weighted by atomic mass is 9.75. The Hall–Kier alpha value is -2.48. The van der Waals surface area contributed by atoms with E-state index < -0.39 is 0 Å². The smallest absolute Gasteiger partial charge is 0.0483 e. The van der Waals surface area contributed by atoms with Crippen molar-refractivity contribution in [3.63, 3.8) is 0 Å². The molecule has 0 spiro atoms. The number of aryl methyl sites for hydroxylation is 2. The average Bonchev–Trinajstić information content (AvgIpc) is 3.14. The third-order valence-corrected chi connectivity index (χ3v) is 6.56. The van der Waals surface area contributed by atoms with E-state index in [1.807, 2.05) is 0 Å². The largest absolute Gasteiger partial charge is 0.347 e. The monoisotopic (exact) mass is 342 g/mol. The van der Waals surface area contributed by atoms with Gasteiger partial charge in [0.15, 0.2) is 0 Å². The number of nitrogens with zero attached hydrogens (tertiary/aromatic N) is 2. The summed E-state index contributed by atoms with van der Waals surface area (Å²) in [7, 11) is 4.51. The molecule has 0 fully saturated rings. The van der Waals surface area contributed by atoms with E-state index in [4.69, 9.17) is 0 Å². The fraction of sp³-hybridized carbons (Fsp3) is 0.333. The fourth-order valence-corrected chi connectivity index (χ4v) is 5.53. The van der Waals surface area contributed by atoms with Crippen molar-refractivity contribution >= 4 is 21.8 Å². The Bertz CT molecular complexity index is 1050. The Morgan fingerprint density at radius 1 is 0.654 bits per heavy atom. The van der Waals surface area contributed by atoms with Crippen LogP contribution >= 0.6 is 0 Å². The average molecular weight is 342 g/mol. The van der Waals surface area contributed by atoms with Crippen LogP contribution < -0.4 is 0 Å². The summed E-state index contributed by atoms with van der Waals surface area (Å²) in [6.45, 7) is 4.67. The minimum Gasteiger partial charge on any atom is -0.347 e. The lowest BCUT2D eigenvalue weighted by Crippen LogP contribution is -2.20. The van der Waals surface area contributed by atoms with Gasteiger partial charge in [-0.15, -0.1) is 0 Å². The van der Waals surface area contributed by atoms with Gasteiger partial charge in [-0.25, -0.2) is 0 Å². The van der Waals surface area contributed by atoms with Crippen LogP contribution in [0.25, 0.3) is 21.8 Å². The van der Waals surface area contributed by atoms with E-state index in [-0.39, 0.29) is 0 Å². The molecular weight excluding hydrogens is 316 g/mol. The first-order valence-electron chi connectivity index (χ1n) is 9.83. The molecule has 0 saturated carbocycles. The molecule has 0 aliphatic heterocycles. The number of aromatic nitrogens is 2. The van der Waals surface area contributed by atoms with Gasteiger partial charge < -0.3 is 9.13 Å². The van der Waals surface area contributed by atoms with Gasteiger partial charge in [0.25, 0.3) is 0 Å². The van der Waals surface area contributed by atoms with Crippen LogP contribution in [0, 0.1) is 0 Å². The normalized spacial score (nSPS) is 19.1. The molecule has 1 aliphatic carbocycles. The summed E-state index contributed by atoms with van der Waals surface area (Å²) in [5.74, 6) is 0.928. The van der Waals surface area contributed by atoms with Crippen LogP contribution in [0.5, 0.6) is 0 Å². The van der Waals surface area contributed by atoms with Crippen molar-refractivity contribution in [2.75, 3.05) is 0 Å². The highest BCUT2D eigenvalue weighted by atomic mass is 15.0. The summed E-state index contributed by atoms with van der Waals surface area (Å²) in [6.07, 6.45) is 2.27. The van der Waals surface area contributed by atoms with E-state index in [0.29, 0.717) is 11.8 Å². The van der Waals surface area contributed by atoms with Crippen LogP contribution in [0.15, 0.2) is 48.5 Å². The minimum atomic E-state index is 0.464. The summed E-state index contributed by atoms with van der Waals surface area (Å²) in [6, 6.07) is 17.9. The van der Waals surface area contributed by atoms with Crippen molar-refractivity contribution in [1.29, 1.82) is 0 Å². The molecule has 0 saturated heterocycles. The van der Waals surface area contributed by atoms with Gasteiger partial charge in [0, 0.05) is 59.1 Å².